The van der Waals surface area contributed by atoms with Crippen LogP contribution in [0.2, 0.25) is 0 Å². The summed E-state index contributed by atoms with van der Waals surface area (Å²) in [6, 6.07) is 0. The summed E-state index contributed by atoms with van der Waals surface area (Å²) in [6.45, 7) is 3.87. The van der Waals surface area contributed by atoms with Crippen LogP contribution in [0.25, 0.3) is 0 Å². The van der Waals surface area contributed by atoms with Gasteiger partial charge in [0.05, 0.1) is 18.9 Å². The van der Waals surface area contributed by atoms with Gasteiger partial charge in [0, 0.05) is 11.8 Å². The van der Waals surface area contributed by atoms with E-state index in [1.54, 1.807) is 19.2 Å². The first-order chi connectivity index (χ1) is 7.62. The van der Waals surface area contributed by atoms with Gasteiger partial charge >= 0.3 is 7.60 Å². The summed E-state index contributed by atoms with van der Waals surface area (Å²) in [6.07, 6.45) is 0.150. The van der Waals surface area contributed by atoms with Gasteiger partial charge in [-0.1, -0.05) is 0 Å². The Labute approximate surface area is 99.0 Å². The van der Waals surface area contributed by atoms with Crippen molar-refractivity contribution in [3.05, 3.63) is 16.6 Å². The van der Waals surface area contributed by atoms with Crippen LogP contribution in [0.15, 0.2) is 5.38 Å². The molecule has 0 amide bonds. The summed E-state index contributed by atoms with van der Waals surface area (Å²) in [4.78, 5) is 3.89. The Kier molecular flexibility index (Phi) is 5.58. The van der Waals surface area contributed by atoms with E-state index in [9.17, 15) is 9.67 Å². The van der Waals surface area contributed by atoms with Crippen LogP contribution < -0.4 is 0 Å². The van der Waals surface area contributed by atoms with E-state index >= 15 is 0 Å². The average Bonchev–Trinajstić information content (AvgIpc) is 2.71. The summed E-state index contributed by atoms with van der Waals surface area (Å²) < 4.78 is 22.2. The van der Waals surface area contributed by atoms with Crippen LogP contribution in [0, 0.1) is 5.51 Å². The molecule has 1 N–H and O–H groups in total. The highest BCUT2D eigenvalue weighted by atomic mass is 32.1. The topological polar surface area (TPSA) is 68.7 Å². The maximum absolute atomic E-state index is 12.1. The molecule has 1 heterocycles. The van der Waals surface area contributed by atoms with E-state index in [0.29, 0.717) is 5.69 Å². The van der Waals surface area contributed by atoms with Crippen LogP contribution >= 0.6 is 18.9 Å². The number of hydrogen-bond acceptors (Lipinski definition) is 6. The van der Waals surface area contributed by atoms with Crippen LogP contribution in [0.3, 0.4) is 0 Å². The lowest BCUT2D eigenvalue weighted by molar-refractivity contribution is 0.148. The van der Waals surface area contributed by atoms with E-state index in [4.69, 9.17) is 9.05 Å². The van der Waals surface area contributed by atoms with E-state index in [2.05, 4.69) is 10.5 Å². The molecule has 1 atom stereocenters. The Morgan fingerprint density at radius 3 is 2.62 bits per heavy atom. The summed E-state index contributed by atoms with van der Waals surface area (Å²) in [5, 5.41) is 11.6. The maximum Gasteiger partial charge on any atom is 0.359 e. The minimum absolute atomic E-state index is 0.150. The molecule has 0 aromatic carbocycles. The number of aliphatic hydroxyl groups is 1. The predicted molar refractivity (Wildman–Crippen MR) is 61.5 cm³/mol. The van der Waals surface area contributed by atoms with E-state index < -0.39 is 13.4 Å². The first kappa shape index (κ1) is 13.8. The molecule has 1 unspecified atom stereocenters. The highest BCUT2D eigenvalue weighted by Gasteiger charge is 2.34. The Bertz CT molecular complexity index is 333. The quantitative estimate of drug-likeness (QED) is 0.763. The first-order valence-corrected chi connectivity index (χ1v) is 7.48. The number of rotatable bonds is 7. The average molecular weight is 264 g/mol. The van der Waals surface area contributed by atoms with Gasteiger partial charge in [-0.25, -0.2) is 4.98 Å². The van der Waals surface area contributed by atoms with Crippen LogP contribution in [0.1, 0.15) is 19.5 Å². The van der Waals surface area contributed by atoms with E-state index in [1.165, 1.54) is 11.3 Å². The molecule has 0 aliphatic heterocycles. The molecule has 1 aromatic heterocycles. The largest absolute Gasteiger partial charge is 0.380 e. The highest BCUT2D eigenvalue weighted by molar-refractivity contribution is 7.54. The number of hydrogen-bond donors (Lipinski definition) is 1. The Hall–Kier alpha value is -0.260. The molecule has 0 aliphatic carbocycles. The molecule has 0 spiro atoms. The third-order valence-electron chi connectivity index (χ3n) is 1.81. The second kappa shape index (κ2) is 6.47. The second-order valence-corrected chi connectivity index (χ2v) is 5.84. The van der Waals surface area contributed by atoms with Crippen LogP contribution in [-0.4, -0.2) is 29.1 Å². The molecule has 5 nitrogen and oxygen atoms in total. The maximum atomic E-state index is 12.1. The van der Waals surface area contributed by atoms with Crippen molar-refractivity contribution < 1.29 is 18.7 Å². The lowest BCUT2D eigenvalue weighted by atomic mass is 10.4. The minimum Gasteiger partial charge on any atom is -0.380 e. The van der Waals surface area contributed by atoms with Crippen molar-refractivity contribution in [2.24, 2.45) is 0 Å². The Morgan fingerprint density at radius 1 is 1.56 bits per heavy atom. The molecular formula is C9H15NO4PS. The fourth-order valence-electron chi connectivity index (χ4n) is 1.17. The first-order valence-electron chi connectivity index (χ1n) is 4.99. The highest BCUT2D eigenvalue weighted by Crippen LogP contribution is 2.52. The van der Waals surface area contributed by atoms with Crippen molar-refractivity contribution in [1.82, 2.24) is 4.98 Å². The third-order valence-corrected chi connectivity index (χ3v) is 4.55. The molecule has 0 saturated carbocycles. The van der Waals surface area contributed by atoms with Crippen molar-refractivity contribution in [3.8, 4) is 0 Å². The Balaban J connectivity index is 2.67. The van der Waals surface area contributed by atoms with Gasteiger partial charge < -0.3 is 14.2 Å². The van der Waals surface area contributed by atoms with Crippen LogP contribution in [0.5, 0.6) is 0 Å². The fraction of sp³-hybridized carbons (Fsp3) is 0.667. The van der Waals surface area contributed by atoms with Gasteiger partial charge in [-0.05, 0) is 13.8 Å². The summed E-state index contributed by atoms with van der Waals surface area (Å²) in [5.74, 6) is -1.18. The third kappa shape index (κ3) is 3.64. The molecule has 0 fully saturated rings. The molecule has 7 heteroatoms. The lowest BCUT2D eigenvalue weighted by Gasteiger charge is -2.21. The predicted octanol–water partition coefficient (Wildman–Crippen LogP) is 2.07. The van der Waals surface area contributed by atoms with Gasteiger partial charge in [0.15, 0.2) is 11.4 Å². The molecule has 0 saturated heterocycles. The molecular weight excluding hydrogens is 249 g/mol. The standard InChI is InChI=1S/C9H15NO4PS/c1-3-13-15(12,14-4-2)9(11)5-8-6-16-7-10-8/h6,9,11H,3-5H2,1-2H3. The molecule has 1 aromatic rings. The number of aliphatic hydroxyl groups excluding tert-OH is 1. The van der Waals surface area contributed by atoms with Crippen molar-refractivity contribution in [2.45, 2.75) is 26.1 Å². The van der Waals surface area contributed by atoms with Gasteiger partial charge in [0.1, 0.15) is 0 Å². The SMILES string of the molecule is CCOP(=O)(OCC)C(O)Cc1cs[c]n1. The smallest absolute Gasteiger partial charge is 0.359 e. The monoisotopic (exact) mass is 264 g/mol. The number of thiazole rings is 1. The molecule has 91 valence electrons. The van der Waals surface area contributed by atoms with Crippen molar-refractivity contribution in [3.63, 3.8) is 0 Å². The van der Waals surface area contributed by atoms with Crippen molar-refractivity contribution in [1.29, 1.82) is 0 Å². The van der Waals surface area contributed by atoms with Gasteiger partial charge in [-0.2, -0.15) is 0 Å². The van der Waals surface area contributed by atoms with Gasteiger partial charge in [0.25, 0.3) is 0 Å². The second-order valence-electron chi connectivity index (χ2n) is 2.99. The van der Waals surface area contributed by atoms with Gasteiger partial charge in [-0.15, -0.1) is 11.3 Å². The molecule has 0 bridgehead atoms. The molecule has 1 rings (SSSR count). The van der Waals surface area contributed by atoms with E-state index in [-0.39, 0.29) is 19.6 Å². The van der Waals surface area contributed by atoms with E-state index in [0.717, 1.165) is 0 Å². The number of nitrogens with zero attached hydrogens (tertiary/aromatic N) is 1. The zero-order chi connectivity index (χ0) is 12.0. The summed E-state index contributed by atoms with van der Waals surface area (Å²) in [5.41, 5.74) is 3.30. The zero-order valence-corrected chi connectivity index (χ0v) is 11.0. The minimum atomic E-state index is -3.45. The summed E-state index contributed by atoms with van der Waals surface area (Å²) in [7, 11) is -3.45. The zero-order valence-electron chi connectivity index (χ0n) is 9.25. The Morgan fingerprint density at radius 2 is 2.19 bits per heavy atom. The van der Waals surface area contributed by atoms with Crippen molar-refractivity contribution in [2.75, 3.05) is 13.2 Å². The van der Waals surface area contributed by atoms with Gasteiger partial charge in [0.2, 0.25) is 0 Å². The molecule has 0 aliphatic rings. The van der Waals surface area contributed by atoms with Crippen molar-refractivity contribution >= 4 is 18.9 Å². The van der Waals surface area contributed by atoms with Gasteiger partial charge in [-0.3, -0.25) is 4.57 Å². The van der Waals surface area contributed by atoms with E-state index in [1.807, 2.05) is 0 Å². The lowest BCUT2D eigenvalue weighted by Crippen LogP contribution is -2.15. The van der Waals surface area contributed by atoms with Crippen LogP contribution in [-0.2, 0) is 20.0 Å². The fourth-order valence-corrected chi connectivity index (χ4v) is 3.22. The molecule has 16 heavy (non-hydrogen) atoms. The molecule has 1 radical (unpaired) electrons. The summed E-state index contributed by atoms with van der Waals surface area (Å²) >= 11 is 1.30. The van der Waals surface area contributed by atoms with Crippen LogP contribution in [0.4, 0.5) is 0 Å². The normalized spacial score (nSPS) is 13.9. The number of aromatic nitrogens is 1.